The van der Waals surface area contributed by atoms with E-state index in [-0.39, 0.29) is 18.0 Å². The van der Waals surface area contributed by atoms with Crippen LogP contribution < -0.4 is 5.32 Å². The molecule has 2 aliphatic rings. The number of rotatable bonds is 2. The molecule has 1 heterocycles. The normalized spacial score (nSPS) is 19.7. The van der Waals surface area contributed by atoms with Gasteiger partial charge in [-0.15, -0.1) is 0 Å². The van der Waals surface area contributed by atoms with Crippen LogP contribution in [0.15, 0.2) is 77.9 Å². The molecule has 5 rings (SSSR count). The predicted molar refractivity (Wildman–Crippen MR) is 121 cm³/mol. The summed E-state index contributed by atoms with van der Waals surface area (Å²) in [4.78, 5) is 13.3. The Bertz CT molecular complexity index is 1140. The molecule has 150 valence electrons. The van der Waals surface area contributed by atoms with E-state index in [9.17, 15) is 4.79 Å². The van der Waals surface area contributed by atoms with E-state index >= 15 is 0 Å². The number of nitrogens with zero attached hydrogens (tertiary/aromatic N) is 2. The van der Waals surface area contributed by atoms with Crippen molar-refractivity contribution in [3.05, 3.63) is 99.5 Å². The molecule has 1 N–H and O–H groups in total. The highest BCUT2D eigenvalue weighted by atomic mass is 35.5. The number of hydrogen-bond acceptors (Lipinski definition) is 2. The standard InChI is InChI=1S/C24H19Cl2N3O/c25-17-11-8-16(9-12-17)23-21-13-10-15-4-1-2-7-20(15)22(21)28-29(23)24(30)27-19-6-3-5-18(26)14-19/h1-9,11-12,14,21,23H,10,13H2,(H,27,30)/t21-,23-/m0/s1. The first-order valence-electron chi connectivity index (χ1n) is 9.88. The van der Waals surface area contributed by atoms with Crippen molar-refractivity contribution in [1.29, 1.82) is 0 Å². The van der Waals surface area contributed by atoms with Crippen LogP contribution in [0, 0.1) is 5.92 Å². The molecular weight excluding hydrogens is 417 g/mol. The van der Waals surface area contributed by atoms with Crippen LogP contribution in [0.2, 0.25) is 10.0 Å². The van der Waals surface area contributed by atoms with Gasteiger partial charge >= 0.3 is 6.03 Å². The average molecular weight is 436 g/mol. The van der Waals surface area contributed by atoms with E-state index in [2.05, 4.69) is 23.5 Å². The first-order valence-corrected chi connectivity index (χ1v) is 10.6. The summed E-state index contributed by atoms with van der Waals surface area (Å²) < 4.78 is 0. The lowest BCUT2D eigenvalue weighted by Crippen LogP contribution is -2.34. The molecule has 30 heavy (non-hydrogen) atoms. The van der Waals surface area contributed by atoms with Gasteiger partial charge in [0.2, 0.25) is 0 Å². The van der Waals surface area contributed by atoms with Crippen molar-refractivity contribution < 1.29 is 4.79 Å². The number of hydrogen-bond donors (Lipinski definition) is 1. The molecule has 0 bridgehead atoms. The Hall–Kier alpha value is -2.82. The maximum absolute atomic E-state index is 13.3. The van der Waals surface area contributed by atoms with Gasteiger partial charge < -0.3 is 5.32 Å². The van der Waals surface area contributed by atoms with Gasteiger partial charge in [-0.05, 0) is 54.3 Å². The zero-order valence-corrected chi connectivity index (χ0v) is 17.6. The van der Waals surface area contributed by atoms with Crippen LogP contribution in [0.25, 0.3) is 0 Å². The first-order chi connectivity index (χ1) is 14.6. The number of fused-ring (bicyclic) bond motifs is 3. The van der Waals surface area contributed by atoms with Gasteiger partial charge in [-0.2, -0.15) is 5.10 Å². The van der Waals surface area contributed by atoms with E-state index in [1.807, 2.05) is 36.4 Å². The van der Waals surface area contributed by atoms with Crippen molar-refractivity contribution in [2.24, 2.45) is 11.0 Å². The van der Waals surface area contributed by atoms with E-state index < -0.39 is 0 Å². The van der Waals surface area contributed by atoms with Gasteiger partial charge in [-0.1, -0.05) is 65.7 Å². The van der Waals surface area contributed by atoms with Crippen LogP contribution in [-0.4, -0.2) is 16.8 Å². The molecule has 4 nitrogen and oxygen atoms in total. The number of carbonyl (C=O) groups excluding carboxylic acids is 1. The Morgan fingerprint density at radius 1 is 0.967 bits per heavy atom. The minimum Gasteiger partial charge on any atom is -0.306 e. The number of amides is 2. The van der Waals surface area contributed by atoms with E-state index in [1.54, 1.807) is 23.2 Å². The SMILES string of the molecule is O=C(Nc1cccc(Cl)c1)N1N=C2c3ccccc3CC[C@@H]2[C@@H]1c1ccc(Cl)cc1. The summed E-state index contributed by atoms with van der Waals surface area (Å²) in [6.07, 6.45) is 1.90. The lowest BCUT2D eigenvalue weighted by molar-refractivity contribution is 0.188. The summed E-state index contributed by atoms with van der Waals surface area (Å²) in [5.41, 5.74) is 5.03. The van der Waals surface area contributed by atoms with Crippen molar-refractivity contribution in [2.75, 3.05) is 5.32 Å². The number of urea groups is 1. The van der Waals surface area contributed by atoms with Crippen LogP contribution in [0.1, 0.15) is 29.2 Å². The molecule has 0 saturated carbocycles. The largest absolute Gasteiger partial charge is 0.342 e. The number of hydrazone groups is 1. The average Bonchev–Trinajstić information content (AvgIpc) is 3.15. The molecule has 0 saturated heterocycles. The Morgan fingerprint density at radius 3 is 2.57 bits per heavy atom. The molecule has 3 aromatic carbocycles. The van der Waals surface area contributed by atoms with Gasteiger partial charge in [0.25, 0.3) is 0 Å². The van der Waals surface area contributed by atoms with Gasteiger partial charge in [0.15, 0.2) is 0 Å². The zero-order valence-electron chi connectivity index (χ0n) is 16.1. The molecular formula is C24H19Cl2N3O. The molecule has 0 unspecified atom stereocenters. The molecule has 6 heteroatoms. The number of halogens is 2. The third-order valence-corrected chi connectivity index (χ3v) is 6.21. The quantitative estimate of drug-likeness (QED) is 0.487. The number of aryl methyl sites for hydroxylation is 1. The van der Waals surface area contributed by atoms with Crippen LogP contribution in [-0.2, 0) is 6.42 Å². The minimum absolute atomic E-state index is 0.131. The van der Waals surface area contributed by atoms with E-state index in [0.717, 1.165) is 29.7 Å². The van der Waals surface area contributed by atoms with Crippen LogP contribution >= 0.6 is 23.2 Å². The van der Waals surface area contributed by atoms with E-state index in [0.29, 0.717) is 15.7 Å². The predicted octanol–water partition coefficient (Wildman–Crippen LogP) is 6.55. The first kappa shape index (κ1) is 19.2. The molecule has 1 aliphatic heterocycles. The second kappa shape index (κ2) is 7.78. The van der Waals surface area contributed by atoms with Gasteiger partial charge in [0.05, 0.1) is 11.8 Å². The second-order valence-electron chi connectivity index (χ2n) is 7.57. The Balaban J connectivity index is 1.54. The lowest BCUT2D eigenvalue weighted by Gasteiger charge is -2.29. The fraction of sp³-hybridized carbons (Fsp3) is 0.167. The van der Waals surface area contributed by atoms with Crippen molar-refractivity contribution in [2.45, 2.75) is 18.9 Å². The van der Waals surface area contributed by atoms with Crippen LogP contribution in [0.5, 0.6) is 0 Å². The Morgan fingerprint density at radius 2 is 1.77 bits per heavy atom. The van der Waals surface area contributed by atoms with Crippen LogP contribution in [0.4, 0.5) is 10.5 Å². The van der Waals surface area contributed by atoms with Gasteiger partial charge in [0.1, 0.15) is 0 Å². The molecule has 2 atom stereocenters. The van der Waals surface area contributed by atoms with Crippen molar-refractivity contribution in [1.82, 2.24) is 5.01 Å². The molecule has 0 radical (unpaired) electrons. The molecule has 0 spiro atoms. The highest BCUT2D eigenvalue weighted by Gasteiger charge is 2.43. The molecule has 0 fully saturated rings. The smallest absolute Gasteiger partial charge is 0.306 e. The maximum Gasteiger partial charge on any atom is 0.342 e. The Labute approximate surface area is 185 Å². The maximum atomic E-state index is 13.3. The highest BCUT2D eigenvalue weighted by molar-refractivity contribution is 6.31. The summed E-state index contributed by atoms with van der Waals surface area (Å²) in [5, 5.41) is 10.6. The number of anilines is 1. The summed E-state index contributed by atoms with van der Waals surface area (Å²) in [7, 11) is 0. The minimum atomic E-state index is -0.281. The van der Waals surface area contributed by atoms with E-state index in [4.69, 9.17) is 28.3 Å². The molecule has 3 aromatic rings. The molecule has 2 amide bonds. The van der Waals surface area contributed by atoms with Crippen molar-refractivity contribution in [3.63, 3.8) is 0 Å². The number of benzene rings is 3. The van der Waals surface area contributed by atoms with Gasteiger partial charge in [-0.3, -0.25) is 0 Å². The summed E-state index contributed by atoms with van der Waals surface area (Å²) >= 11 is 12.2. The molecule has 0 aromatic heterocycles. The third kappa shape index (κ3) is 3.47. The van der Waals surface area contributed by atoms with Crippen molar-refractivity contribution >= 4 is 40.6 Å². The topological polar surface area (TPSA) is 44.7 Å². The second-order valence-corrected chi connectivity index (χ2v) is 8.44. The van der Waals surface area contributed by atoms with Crippen LogP contribution in [0.3, 0.4) is 0 Å². The summed E-state index contributed by atoms with van der Waals surface area (Å²) in [5.74, 6) is 0.131. The monoisotopic (exact) mass is 435 g/mol. The van der Waals surface area contributed by atoms with Crippen molar-refractivity contribution in [3.8, 4) is 0 Å². The third-order valence-electron chi connectivity index (χ3n) is 5.72. The number of nitrogens with one attached hydrogen (secondary N) is 1. The number of carbonyl (C=O) groups is 1. The fourth-order valence-corrected chi connectivity index (χ4v) is 4.69. The summed E-state index contributed by atoms with van der Waals surface area (Å²) in [6.45, 7) is 0. The zero-order chi connectivity index (χ0) is 20.7. The Kier molecular flexibility index (Phi) is 4.97. The lowest BCUT2D eigenvalue weighted by atomic mass is 9.77. The molecule has 1 aliphatic carbocycles. The highest BCUT2D eigenvalue weighted by Crippen LogP contribution is 2.43. The van der Waals surface area contributed by atoms with Gasteiger partial charge in [-0.25, -0.2) is 9.80 Å². The van der Waals surface area contributed by atoms with Gasteiger partial charge in [0, 0.05) is 27.2 Å². The summed E-state index contributed by atoms with van der Waals surface area (Å²) in [6, 6.07) is 22.6. The fourth-order valence-electron chi connectivity index (χ4n) is 4.37. The van der Waals surface area contributed by atoms with E-state index in [1.165, 1.54) is 5.56 Å².